The van der Waals surface area contributed by atoms with Gasteiger partial charge in [0.1, 0.15) is 0 Å². The molecule has 0 fully saturated rings. The van der Waals surface area contributed by atoms with E-state index in [1.807, 2.05) is 42.5 Å². The molecule has 0 spiro atoms. The molecule has 112 valence electrons. The van der Waals surface area contributed by atoms with Gasteiger partial charge in [-0.2, -0.15) is 0 Å². The Hall–Kier alpha value is -2.14. The van der Waals surface area contributed by atoms with Gasteiger partial charge in [-0.25, -0.2) is 0 Å². The topological polar surface area (TPSA) is 42.2 Å². The molecule has 22 heavy (non-hydrogen) atoms. The Morgan fingerprint density at radius 2 is 1.73 bits per heavy atom. The van der Waals surface area contributed by atoms with E-state index in [0.717, 1.165) is 22.3 Å². The van der Waals surface area contributed by atoms with Crippen LogP contribution in [0.4, 0.5) is 5.69 Å². The highest BCUT2D eigenvalue weighted by Gasteiger charge is 2.12. The van der Waals surface area contributed by atoms with Gasteiger partial charge < -0.3 is 9.32 Å². The minimum atomic E-state index is 0.548. The molecule has 0 aliphatic heterocycles. The Labute approximate surface area is 137 Å². The van der Waals surface area contributed by atoms with Gasteiger partial charge in [0, 0.05) is 22.3 Å². The molecule has 0 aliphatic carbocycles. The summed E-state index contributed by atoms with van der Waals surface area (Å²) in [4.78, 5) is 2.19. The summed E-state index contributed by atoms with van der Waals surface area (Å²) in [7, 11) is 0. The normalized spacial score (nSPS) is 10.6. The minimum Gasteiger partial charge on any atom is -0.419 e. The quantitative estimate of drug-likeness (QED) is 0.672. The van der Waals surface area contributed by atoms with Crippen molar-refractivity contribution in [2.24, 2.45) is 0 Å². The number of benzene rings is 2. The lowest BCUT2D eigenvalue weighted by Crippen LogP contribution is -2.22. The van der Waals surface area contributed by atoms with E-state index < -0.39 is 0 Å². The molecule has 0 atom stereocenters. The van der Waals surface area contributed by atoms with Gasteiger partial charge in [-0.05, 0) is 43.3 Å². The van der Waals surface area contributed by atoms with E-state index in [9.17, 15) is 0 Å². The highest BCUT2D eigenvalue weighted by atomic mass is 79.9. The molecule has 0 saturated carbocycles. The predicted octanol–water partition coefficient (Wildman–Crippen LogP) is 4.53. The molecule has 4 nitrogen and oxygen atoms in total. The number of nitrogens with zero attached hydrogens (tertiary/aromatic N) is 3. The molecule has 2 aromatic carbocycles. The van der Waals surface area contributed by atoms with Gasteiger partial charge in [-0.3, -0.25) is 0 Å². The van der Waals surface area contributed by atoms with Crippen LogP contribution >= 0.6 is 15.9 Å². The number of halogens is 1. The van der Waals surface area contributed by atoms with E-state index in [0.29, 0.717) is 18.3 Å². The van der Waals surface area contributed by atoms with Crippen molar-refractivity contribution in [3.8, 4) is 11.5 Å². The number of para-hydroxylation sites is 1. The predicted molar refractivity (Wildman–Crippen MR) is 90.6 cm³/mol. The van der Waals surface area contributed by atoms with Crippen LogP contribution in [0.1, 0.15) is 12.8 Å². The maximum Gasteiger partial charge on any atom is 0.247 e. The first kappa shape index (κ1) is 14.8. The molecule has 0 saturated heterocycles. The fourth-order valence-electron chi connectivity index (χ4n) is 2.21. The van der Waals surface area contributed by atoms with Crippen LogP contribution in [0.2, 0.25) is 0 Å². The molecule has 3 aromatic rings. The van der Waals surface area contributed by atoms with Crippen molar-refractivity contribution in [3.05, 3.63) is 65.0 Å². The maximum atomic E-state index is 5.78. The molecule has 0 aliphatic rings. The molecular weight excluding hydrogens is 342 g/mol. The zero-order valence-corrected chi connectivity index (χ0v) is 13.8. The van der Waals surface area contributed by atoms with Crippen LogP contribution in [0.15, 0.2) is 63.5 Å². The summed E-state index contributed by atoms with van der Waals surface area (Å²) in [6, 6.07) is 18.0. The maximum absolute atomic E-state index is 5.78. The zero-order valence-electron chi connectivity index (χ0n) is 12.2. The summed E-state index contributed by atoms with van der Waals surface area (Å²) < 4.78 is 6.81. The second-order valence-corrected chi connectivity index (χ2v) is 5.77. The van der Waals surface area contributed by atoms with E-state index in [-0.39, 0.29) is 0 Å². The van der Waals surface area contributed by atoms with E-state index in [4.69, 9.17) is 4.42 Å². The molecule has 0 radical (unpaired) electrons. The fraction of sp³-hybridized carbons (Fsp3) is 0.176. The Morgan fingerprint density at radius 3 is 2.41 bits per heavy atom. The largest absolute Gasteiger partial charge is 0.419 e. The van der Waals surface area contributed by atoms with Gasteiger partial charge >= 0.3 is 0 Å². The number of hydrogen-bond acceptors (Lipinski definition) is 4. The van der Waals surface area contributed by atoms with Gasteiger partial charge in [0.2, 0.25) is 11.8 Å². The molecule has 5 heteroatoms. The van der Waals surface area contributed by atoms with Crippen molar-refractivity contribution < 1.29 is 4.42 Å². The van der Waals surface area contributed by atoms with E-state index >= 15 is 0 Å². The lowest BCUT2D eigenvalue weighted by Gasteiger charge is -2.20. The van der Waals surface area contributed by atoms with Gasteiger partial charge in [-0.1, -0.05) is 34.1 Å². The SMILES string of the molecule is CCN(Cc1nnc(-c2ccc(Br)cc2)o1)c1ccccc1. The van der Waals surface area contributed by atoms with Crippen LogP contribution in [0, 0.1) is 0 Å². The zero-order chi connectivity index (χ0) is 15.4. The van der Waals surface area contributed by atoms with Crippen molar-refractivity contribution in [2.75, 3.05) is 11.4 Å². The first-order chi connectivity index (χ1) is 10.8. The summed E-state index contributed by atoms with van der Waals surface area (Å²) in [5, 5.41) is 8.30. The lowest BCUT2D eigenvalue weighted by molar-refractivity contribution is 0.499. The Morgan fingerprint density at radius 1 is 1.00 bits per heavy atom. The molecule has 0 N–H and O–H groups in total. The molecule has 0 amide bonds. The summed E-state index contributed by atoms with van der Waals surface area (Å²) in [6.45, 7) is 3.59. The first-order valence-electron chi connectivity index (χ1n) is 7.14. The molecular formula is C17H16BrN3O. The number of aromatic nitrogens is 2. The molecule has 1 aromatic heterocycles. The first-order valence-corrected chi connectivity index (χ1v) is 7.94. The van der Waals surface area contributed by atoms with Gasteiger partial charge in [0.05, 0.1) is 6.54 Å². The third kappa shape index (κ3) is 3.36. The molecule has 1 heterocycles. The average molecular weight is 358 g/mol. The Balaban J connectivity index is 1.77. The Kier molecular flexibility index (Phi) is 4.53. The Bertz CT molecular complexity index is 725. The van der Waals surface area contributed by atoms with E-state index in [2.05, 4.69) is 50.1 Å². The van der Waals surface area contributed by atoms with Crippen molar-refractivity contribution in [2.45, 2.75) is 13.5 Å². The van der Waals surface area contributed by atoms with E-state index in [1.165, 1.54) is 0 Å². The van der Waals surface area contributed by atoms with Crippen molar-refractivity contribution >= 4 is 21.6 Å². The third-order valence-corrected chi connectivity index (χ3v) is 3.92. The summed E-state index contributed by atoms with van der Waals surface area (Å²) >= 11 is 3.42. The van der Waals surface area contributed by atoms with Gasteiger partial charge in [0.25, 0.3) is 0 Å². The second kappa shape index (κ2) is 6.75. The van der Waals surface area contributed by atoms with Crippen molar-refractivity contribution in [3.63, 3.8) is 0 Å². The summed E-state index contributed by atoms with van der Waals surface area (Å²) in [5.41, 5.74) is 2.07. The van der Waals surface area contributed by atoms with Crippen LogP contribution in [0.25, 0.3) is 11.5 Å². The average Bonchev–Trinajstić information content (AvgIpc) is 3.03. The van der Waals surface area contributed by atoms with Gasteiger partial charge in [-0.15, -0.1) is 10.2 Å². The fourth-order valence-corrected chi connectivity index (χ4v) is 2.48. The second-order valence-electron chi connectivity index (χ2n) is 4.86. The lowest BCUT2D eigenvalue weighted by atomic mass is 10.2. The standard InChI is InChI=1S/C17H16BrN3O/c1-2-21(15-6-4-3-5-7-15)12-16-19-20-17(22-16)13-8-10-14(18)11-9-13/h3-11H,2,12H2,1H3. The van der Waals surface area contributed by atoms with Crippen molar-refractivity contribution in [1.82, 2.24) is 10.2 Å². The van der Waals surface area contributed by atoms with Crippen LogP contribution < -0.4 is 4.90 Å². The van der Waals surface area contributed by atoms with Crippen LogP contribution in [0.5, 0.6) is 0 Å². The monoisotopic (exact) mass is 357 g/mol. The van der Waals surface area contributed by atoms with Crippen LogP contribution in [-0.4, -0.2) is 16.7 Å². The van der Waals surface area contributed by atoms with Crippen LogP contribution in [0.3, 0.4) is 0 Å². The highest BCUT2D eigenvalue weighted by molar-refractivity contribution is 9.10. The molecule has 0 bridgehead atoms. The summed E-state index contributed by atoms with van der Waals surface area (Å²) in [6.07, 6.45) is 0. The van der Waals surface area contributed by atoms with Crippen LogP contribution in [-0.2, 0) is 6.54 Å². The number of anilines is 1. The minimum absolute atomic E-state index is 0.548. The number of hydrogen-bond donors (Lipinski definition) is 0. The van der Waals surface area contributed by atoms with Gasteiger partial charge in [0.15, 0.2) is 0 Å². The van der Waals surface area contributed by atoms with Crippen molar-refractivity contribution in [1.29, 1.82) is 0 Å². The summed E-state index contributed by atoms with van der Waals surface area (Å²) in [5.74, 6) is 1.16. The molecule has 3 rings (SSSR count). The highest BCUT2D eigenvalue weighted by Crippen LogP contribution is 2.22. The number of rotatable bonds is 5. The molecule has 0 unspecified atom stereocenters. The van der Waals surface area contributed by atoms with E-state index in [1.54, 1.807) is 0 Å². The smallest absolute Gasteiger partial charge is 0.247 e. The third-order valence-electron chi connectivity index (χ3n) is 3.39.